The second kappa shape index (κ2) is 5.44. The minimum absolute atomic E-state index is 0.0303. The topological polar surface area (TPSA) is 58.8 Å². The molecule has 0 saturated carbocycles. The third-order valence-electron chi connectivity index (χ3n) is 3.56. The number of carbonyl (C=O) groups is 1. The maximum Gasteiger partial charge on any atom is 0.219 e. The standard InChI is InChI=1S/C13H21N3O2/c1-10(17)15-5-7-16(8-6-15)11-3-4-12(14)13(9-11)18-2/h3,9,12H,4-8,14H2,1-2H3. The van der Waals surface area contributed by atoms with Crippen LogP contribution in [0.3, 0.4) is 0 Å². The van der Waals surface area contributed by atoms with Crippen LogP contribution in [0.1, 0.15) is 13.3 Å². The smallest absolute Gasteiger partial charge is 0.219 e. The van der Waals surface area contributed by atoms with Crippen molar-refractivity contribution in [2.24, 2.45) is 5.73 Å². The molecule has 1 atom stereocenters. The Hall–Kier alpha value is -1.49. The number of methoxy groups -OCH3 is 1. The Bertz CT molecular complexity index is 382. The first kappa shape index (κ1) is 13.0. The number of allylic oxidation sites excluding steroid dienone is 1. The summed E-state index contributed by atoms with van der Waals surface area (Å²) in [6.07, 6.45) is 4.97. The monoisotopic (exact) mass is 251 g/mol. The van der Waals surface area contributed by atoms with Gasteiger partial charge in [0.1, 0.15) is 5.76 Å². The van der Waals surface area contributed by atoms with Gasteiger partial charge in [0.15, 0.2) is 0 Å². The van der Waals surface area contributed by atoms with Gasteiger partial charge < -0.3 is 20.3 Å². The Morgan fingerprint density at radius 3 is 2.61 bits per heavy atom. The predicted molar refractivity (Wildman–Crippen MR) is 69.6 cm³/mol. The highest BCUT2D eigenvalue weighted by molar-refractivity contribution is 5.73. The molecule has 0 aromatic heterocycles. The van der Waals surface area contributed by atoms with Crippen molar-refractivity contribution in [2.75, 3.05) is 33.3 Å². The molecule has 5 nitrogen and oxygen atoms in total. The van der Waals surface area contributed by atoms with Crippen LogP contribution in [0.2, 0.25) is 0 Å². The summed E-state index contributed by atoms with van der Waals surface area (Å²) in [6.45, 7) is 4.93. The van der Waals surface area contributed by atoms with Gasteiger partial charge in [-0.2, -0.15) is 0 Å². The fourth-order valence-electron chi connectivity index (χ4n) is 2.39. The van der Waals surface area contributed by atoms with E-state index in [9.17, 15) is 4.79 Å². The van der Waals surface area contributed by atoms with Gasteiger partial charge in [-0.05, 0) is 6.42 Å². The van der Waals surface area contributed by atoms with Crippen molar-refractivity contribution in [3.8, 4) is 0 Å². The summed E-state index contributed by atoms with van der Waals surface area (Å²) in [5.41, 5.74) is 7.10. The SMILES string of the molecule is COC1=CC(N2CCN(C(C)=O)CC2)=CCC1N. The zero-order valence-electron chi connectivity index (χ0n) is 11.1. The molecule has 0 bridgehead atoms. The molecule has 0 aromatic carbocycles. The van der Waals surface area contributed by atoms with Gasteiger partial charge in [0.25, 0.3) is 0 Å². The van der Waals surface area contributed by atoms with Gasteiger partial charge in [0, 0.05) is 44.9 Å². The number of hydrogen-bond donors (Lipinski definition) is 1. The molecule has 1 saturated heterocycles. The maximum absolute atomic E-state index is 11.3. The minimum Gasteiger partial charge on any atom is -0.499 e. The van der Waals surface area contributed by atoms with Gasteiger partial charge in [-0.15, -0.1) is 0 Å². The van der Waals surface area contributed by atoms with Crippen LogP contribution in [-0.2, 0) is 9.53 Å². The molecule has 0 aromatic rings. The van der Waals surface area contributed by atoms with Crippen molar-refractivity contribution >= 4 is 5.91 Å². The zero-order chi connectivity index (χ0) is 13.1. The minimum atomic E-state index is -0.0303. The molecule has 100 valence electrons. The molecule has 5 heteroatoms. The van der Waals surface area contributed by atoms with Gasteiger partial charge in [-0.25, -0.2) is 0 Å². The fourth-order valence-corrected chi connectivity index (χ4v) is 2.39. The Labute approximate surface area is 108 Å². The average molecular weight is 251 g/mol. The highest BCUT2D eigenvalue weighted by Crippen LogP contribution is 2.21. The van der Waals surface area contributed by atoms with Crippen LogP contribution in [0.25, 0.3) is 0 Å². The van der Waals surface area contributed by atoms with Gasteiger partial charge in [0.05, 0.1) is 13.2 Å². The van der Waals surface area contributed by atoms with Crippen LogP contribution in [0, 0.1) is 0 Å². The third kappa shape index (κ3) is 2.67. The third-order valence-corrected chi connectivity index (χ3v) is 3.56. The van der Waals surface area contributed by atoms with Crippen molar-refractivity contribution < 1.29 is 9.53 Å². The second-order valence-electron chi connectivity index (χ2n) is 4.72. The van der Waals surface area contributed by atoms with Crippen molar-refractivity contribution in [1.29, 1.82) is 0 Å². The van der Waals surface area contributed by atoms with Crippen molar-refractivity contribution in [1.82, 2.24) is 9.80 Å². The van der Waals surface area contributed by atoms with Gasteiger partial charge in [-0.1, -0.05) is 6.08 Å². The van der Waals surface area contributed by atoms with E-state index in [-0.39, 0.29) is 11.9 Å². The Morgan fingerprint density at radius 1 is 1.39 bits per heavy atom. The van der Waals surface area contributed by atoms with E-state index in [1.807, 2.05) is 11.0 Å². The quantitative estimate of drug-likeness (QED) is 0.766. The van der Waals surface area contributed by atoms with Gasteiger partial charge >= 0.3 is 0 Å². The molecule has 2 N–H and O–H groups in total. The van der Waals surface area contributed by atoms with Crippen molar-refractivity contribution in [2.45, 2.75) is 19.4 Å². The Balaban J connectivity index is 1.98. The van der Waals surface area contributed by atoms with E-state index in [0.717, 1.165) is 44.1 Å². The molecule has 1 heterocycles. The first-order chi connectivity index (χ1) is 8.61. The van der Waals surface area contributed by atoms with Crippen LogP contribution >= 0.6 is 0 Å². The summed E-state index contributed by atoms with van der Waals surface area (Å²) in [6, 6.07) is -0.0303. The van der Waals surface area contributed by atoms with E-state index < -0.39 is 0 Å². The predicted octanol–water partition coefficient (Wildman–Crippen LogP) is 0.296. The number of carbonyl (C=O) groups excluding carboxylic acids is 1. The number of ether oxygens (including phenoxy) is 1. The molecule has 0 spiro atoms. The number of nitrogens with two attached hydrogens (primary N) is 1. The van der Waals surface area contributed by atoms with Gasteiger partial charge in [0.2, 0.25) is 5.91 Å². The molecule has 18 heavy (non-hydrogen) atoms. The van der Waals surface area contributed by atoms with E-state index >= 15 is 0 Å². The summed E-state index contributed by atoms with van der Waals surface area (Å²) in [7, 11) is 1.66. The average Bonchev–Trinajstić information content (AvgIpc) is 2.39. The Morgan fingerprint density at radius 2 is 2.06 bits per heavy atom. The van der Waals surface area contributed by atoms with Crippen LogP contribution in [0.5, 0.6) is 0 Å². The Kier molecular flexibility index (Phi) is 3.91. The van der Waals surface area contributed by atoms with E-state index in [4.69, 9.17) is 10.5 Å². The molecule has 1 unspecified atom stereocenters. The van der Waals surface area contributed by atoms with E-state index in [2.05, 4.69) is 11.0 Å². The lowest BCUT2D eigenvalue weighted by molar-refractivity contribution is -0.130. The number of rotatable bonds is 2. The number of hydrogen-bond acceptors (Lipinski definition) is 4. The normalized spacial score (nSPS) is 24.5. The summed E-state index contributed by atoms with van der Waals surface area (Å²) in [5.74, 6) is 0.990. The lowest BCUT2D eigenvalue weighted by atomic mass is 10.0. The lowest BCUT2D eigenvalue weighted by Gasteiger charge is -2.37. The van der Waals surface area contributed by atoms with Crippen LogP contribution < -0.4 is 5.73 Å². The van der Waals surface area contributed by atoms with Crippen molar-refractivity contribution in [3.63, 3.8) is 0 Å². The summed E-state index contributed by atoms with van der Waals surface area (Å²) in [5, 5.41) is 0. The number of piperazine rings is 1. The first-order valence-electron chi connectivity index (χ1n) is 6.33. The molecular formula is C13H21N3O2. The van der Waals surface area contributed by atoms with E-state index in [1.54, 1.807) is 14.0 Å². The molecule has 2 rings (SSSR count). The highest BCUT2D eigenvalue weighted by atomic mass is 16.5. The first-order valence-corrected chi connectivity index (χ1v) is 6.33. The van der Waals surface area contributed by atoms with E-state index in [0.29, 0.717) is 0 Å². The van der Waals surface area contributed by atoms with Crippen LogP contribution in [-0.4, -0.2) is 55.0 Å². The fraction of sp³-hybridized carbons (Fsp3) is 0.615. The zero-order valence-corrected chi connectivity index (χ0v) is 11.1. The molecular weight excluding hydrogens is 230 g/mol. The number of amides is 1. The molecule has 0 radical (unpaired) electrons. The molecule has 2 aliphatic rings. The summed E-state index contributed by atoms with van der Waals surface area (Å²) < 4.78 is 5.29. The maximum atomic E-state index is 11.3. The molecule has 1 aliphatic heterocycles. The van der Waals surface area contributed by atoms with Crippen LogP contribution in [0.15, 0.2) is 23.6 Å². The lowest BCUT2D eigenvalue weighted by Crippen LogP contribution is -2.47. The van der Waals surface area contributed by atoms with E-state index in [1.165, 1.54) is 0 Å². The largest absolute Gasteiger partial charge is 0.499 e. The highest BCUT2D eigenvalue weighted by Gasteiger charge is 2.22. The summed E-state index contributed by atoms with van der Waals surface area (Å²) in [4.78, 5) is 15.4. The van der Waals surface area contributed by atoms with Crippen LogP contribution in [0.4, 0.5) is 0 Å². The van der Waals surface area contributed by atoms with Crippen molar-refractivity contribution in [3.05, 3.63) is 23.6 Å². The molecule has 1 aliphatic carbocycles. The molecule has 1 fully saturated rings. The summed E-state index contributed by atoms with van der Waals surface area (Å²) >= 11 is 0. The molecule has 1 amide bonds. The second-order valence-corrected chi connectivity index (χ2v) is 4.72. The number of nitrogens with zero attached hydrogens (tertiary/aromatic N) is 2. The van der Waals surface area contributed by atoms with Gasteiger partial charge in [-0.3, -0.25) is 4.79 Å².